The molecule has 1 aliphatic heterocycles. The van der Waals surface area contributed by atoms with Gasteiger partial charge in [-0.1, -0.05) is 6.07 Å². The van der Waals surface area contributed by atoms with Crippen LogP contribution in [0.2, 0.25) is 0 Å². The second-order valence-corrected chi connectivity index (χ2v) is 6.36. The Morgan fingerprint density at radius 3 is 2.64 bits per heavy atom. The molecule has 0 spiro atoms. The van der Waals surface area contributed by atoms with Crippen LogP contribution in [-0.4, -0.2) is 36.1 Å². The minimum Gasteiger partial charge on any atom is -0.496 e. The number of ether oxygens (including phenoxy) is 2. The zero-order valence-electron chi connectivity index (χ0n) is 16.1. The summed E-state index contributed by atoms with van der Waals surface area (Å²) >= 11 is 0. The van der Waals surface area contributed by atoms with Crippen molar-refractivity contribution in [3.05, 3.63) is 53.6 Å². The molecule has 1 aliphatic rings. The molecule has 0 saturated carbocycles. The minimum absolute atomic E-state index is 0.111. The number of amides is 2. The quantitative estimate of drug-likeness (QED) is 0.837. The van der Waals surface area contributed by atoms with Crippen LogP contribution in [0.15, 0.2) is 36.5 Å². The summed E-state index contributed by atoms with van der Waals surface area (Å²) in [5.74, 6) is -0.461. The highest BCUT2D eigenvalue weighted by atomic mass is 19.1. The molecule has 1 aromatic heterocycles. The molecule has 1 fully saturated rings. The van der Waals surface area contributed by atoms with Gasteiger partial charge in [-0.25, -0.2) is 4.39 Å². The average Bonchev–Trinajstić information content (AvgIpc) is 3.11. The first kappa shape index (κ1) is 21.3. The number of primary amides is 1. The molecular weight excluding hydrogens is 365 g/mol. The Labute approximate surface area is 163 Å². The molecule has 0 bridgehead atoms. The highest BCUT2D eigenvalue weighted by molar-refractivity contribution is 5.96. The summed E-state index contributed by atoms with van der Waals surface area (Å²) in [5.41, 5.74) is 6.29. The average molecular weight is 389 g/mol. The van der Waals surface area contributed by atoms with Crippen LogP contribution in [0.25, 0.3) is 0 Å². The Kier molecular flexibility index (Phi) is 7.45. The van der Waals surface area contributed by atoms with Gasteiger partial charge in [0.15, 0.2) is 0 Å². The van der Waals surface area contributed by atoms with Crippen LogP contribution in [0.5, 0.6) is 5.75 Å². The van der Waals surface area contributed by atoms with E-state index in [1.165, 1.54) is 25.4 Å². The molecule has 2 unspecified atom stereocenters. The van der Waals surface area contributed by atoms with Crippen LogP contribution in [0.1, 0.15) is 35.8 Å². The first-order chi connectivity index (χ1) is 13.3. The number of hydrogen-bond donors (Lipinski definition) is 2. The summed E-state index contributed by atoms with van der Waals surface area (Å²) in [6.45, 7) is 3.62. The summed E-state index contributed by atoms with van der Waals surface area (Å²) < 4.78 is 23.0. The van der Waals surface area contributed by atoms with E-state index < -0.39 is 12.0 Å². The Balaban J connectivity index is 0.000000237. The molecule has 0 aliphatic carbocycles. The van der Waals surface area contributed by atoms with Crippen molar-refractivity contribution in [2.75, 3.05) is 12.4 Å². The molecule has 3 rings (SSSR count). The second kappa shape index (κ2) is 9.80. The fourth-order valence-corrected chi connectivity index (χ4v) is 2.67. The third-order valence-electron chi connectivity index (χ3n) is 4.24. The van der Waals surface area contributed by atoms with E-state index in [2.05, 4.69) is 10.3 Å². The van der Waals surface area contributed by atoms with Gasteiger partial charge in [-0.3, -0.25) is 14.6 Å². The Bertz CT molecular complexity index is 844. The highest BCUT2D eigenvalue weighted by Gasteiger charge is 2.28. The summed E-state index contributed by atoms with van der Waals surface area (Å²) in [6, 6.07) is 7.82. The van der Waals surface area contributed by atoms with Crippen LogP contribution >= 0.6 is 0 Å². The summed E-state index contributed by atoms with van der Waals surface area (Å²) in [5, 5.41) is 2.69. The number of hydrogen-bond acceptors (Lipinski definition) is 5. The smallest absolute Gasteiger partial charge is 0.267 e. The zero-order chi connectivity index (χ0) is 20.7. The predicted molar refractivity (Wildman–Crippen MR) is 103 cm³/mol. The molecule has 7 nitrogen and oxygen atoms in total. The van der Waals surface area contributed by atoms with E-state index in [0.29, 0.717) is 23.4 Å². The van der Waals surface area contributed by atoms with Gasteiger partial charge in [0, 0.05) is 17.4 Å². The molecule has 2 aromatic rings. The third kappa shape index (κ3) is 5.75. The largest absolute Gasteiger partial charge is 0.496 e. The van der Waals surface area contributed by atoms with Gasteiger partial charge in [-0.05, 0) is 51.0 Å². The van der Waals surface area contributed by atoms with E-state index in [0.717, 1.165) is 6.42 Å². The lowest BCUT2D eigenvalue weighted by Crippen LogP contribution is -2.28. The first-order valence-corrected chi connectivity index (χ1v) is 8.83. The SMILES string of the molecule is CC1CCC(C(=O)Nc2ccnc(C(N)=O)c2)O1.COc1cccc(F)c1C. The zero-order valence-corrected chi connectivity index (χ0v) is 16.1. The van der Waals surface area contributed by atoms with E-state index in [1.807, 2.05) is 6.92 Å². The topological polar surface area (TPSA) is 104 Å². The number of carbonyl (C=O) groups excluding carboxylic acids is 2. The molecule has 150 valence electrons. The number of anilines is 1. The molecule has 8 heteroatoms. The normalized spacial score (nSPS) is 18.0. The maximum atomic E-state index is 12.7. The van der Waals surface area contributed by atoms with Crippen molar-refractivity contribution in [2.45, 2.75) is 38.9 Å². The number of nitrogens with two attached hydrogens (primary N) is 1. The first-order valence-electron chi connectivity index (χ1n) is 8.83. The van der Waals surface area contributed by atoms with Crippen molar-refractivity contribution in [2.24, 2.45) is 5.73 Å². The van der Waals surface area contributed by atoms with Crippen LogP contribution in [0.3, 0.4) is 0 Å². The van der Waals surface area contributed by atoms with E-state index in [9.17, 15) is 14.0 Å². The Morgan fingerprint density at radius 2 is 2.07 bits per heavy atom. The van der Waals surface area contributed by atoms with Gasteiger partial charge in [-0.2, -0.15) is 0 Å². The van der Waals surface area contributed by atoms with E-state index >= 15 is 0 Å². The van der Waals surface area contributed by atoms with E-state index in [1.54, 1.807) is 25.1 Å². The fraction of sp³-hybridized carbons (Fsp3) is 0.350. The van der Waals surface area contributed by atoms with Crippen LogP contribution in [-0.2, 0) is 9.53 Å². The van der Waals surface area contributed by atoms with E-state index in [4.69, 9.17) is 15.2 Å². The molecule has 2 amide bonds. The van der Waals surface area contributed by atoms with E-state index in [-0.39, 0.29) is 23.5 Å². The predicted octanol–water partition coefficient (Wildman–Crippen LogP) is 2.83. The molecular formula is C20H24FN3O4. The monoisotopic (exact) mass is 389 g/mol. The molecule has 3 N–H and O–H groups in total. The number of methoxy groups -OCH3 is 1. The Morgan fingerprint density at radius 1 is 1.32 bits per heavy atom. The molecule has 2 atom stereocenters. The lowest BCUT2D eigenvalue weighted by Gasteiger charge is -2.11. The molecule has 2 heterocycles. The fourth-order valence-electron chi connectivity index (χ4n) is 2.67. The van der Waals surface area contributed by atoms with Crippen LogP contribution in [0, 0.1) is 12.7 Å². The van der Waals surface area contributed by atoms with Gasteiger partial charge < -0.3 is 20.5 Å². The van der Waals surface area contributed by atoms with Crippen molar-refractivity contribution in [3.8, 4) is 5.75 Å². The molecule has 1 saturated heterocycles. The van der Waals surface area contributed by atoms with Gasteiger partial charge in [0.2, 0.25) is 0 Å². The number of halogens is 1. The maximum absolute atomic E-state index is 12.7. The Hall–Kier alpha value is -3.00. The lowest BCUT2D eigenvalue weighted by atomic mass is 10.2. The van der Waals surface area contributed by atoms with Gasteiger partial charge >= 0.3 is 0 Å². The summed E-state index contributed by atoms with van der Waals surface area (Å²) in [6.07, 6.45) is 2.69. The summed E-state index contributed by atoms with van der Waals surface area (Å²) in [4.78, 5) is 26.6. The van der Waals surface area contributed by atoms with Gasteiger partial charge in [0.05, 0.1) is 13.2 Å². The van der Waals surface area contributed by atoms with Crippen LogP contribution in [0.4, 0.5) is 10.1 Å². The van der Waals surface area contributed by atoms with Gasteiger partial charge in [0.25, 0.3) is 11.8 Å². The number of carbonyl (C=O) groups is 2. The van der Waals surface area contributed by atoms with Crippen molar-refractivity contribution in [1.82, 2.24) is 4.98 Å². The molecule has 0 radical (unpaired) electrons. The molecule has 28 heavy (non-hydrogen) atoms. The minimum atomic E-state index is -0.628. The van der Waals surface area contributed by atoms with Crippen molar-refractivity contribution >= 4 is 17.5 Å². The lowest BCUT2D eigenvalue weighted by molar-refractivity contribution is -0.126. The van der Waals surface area contributed by atoms with Gasteiger partial charge in [0.1, 0.15) is 23.4 Å². The standard InChI is InChI=1S/C12H15N3O3.C8H9FO/c1-7-2-3-10(18-7)12(17)15-8-4-5-14-9(6-8)11(13)16;1-6-7(9)4-3-5-8(6)10-2/h4-7,10H,2-3H2,1H3,(H2,13,16)(H,14,15,17);3-5H,1-2H3. The van der Waals surface area contributed by atoms with Crippen molar-refractivity contribution in [3.63, 3.8) is 0 Å². The number of nitrogens with one attached hydrogen (secondary N) is 1. The number of rotatable bonds is 4. The highest BCUT2D eigenvalue weighted by Crippen LogP contribution is 2.21. The number of aromatic nitrogens is 1. The summed E-state index contributed by atoms with van der Waals surface area (Å²) in [7, 11) is 1.53. The van der Waals surface area contributed by atoms with Crippen LogP contribution < -0.4 is 15.8 Å². The van der Waals surface area contributed by atoms with Crippen molar-refractivity contribution in [1.29, 1.82) is 0 Å². The third-order valence-corrected chi connectivity index (χ3v) is 4.24. The van der Waals surface area contributed by atoms with Crippen molar-refractivity contribution < 1.29 is 23.5 Å². The maximum Gasteiger partial charge on any atom is 0.267 e. The van der Waals surface area contributed by atoms with Gasteiger partial charge in [-0.15, -0.1) is 0 Å². The number of benzene rings is 1. The second-order valence-electron chi connectivity index (χ2n) is 6.36. The number of pyridine rings is 1. The molecule has 1 aromatic carbocycles. The number of nitrogens with zero attached hydrogens (tertiary/aromatic N) is 1.